The first-order chi connectivity index (χ1) is 12.5. The van der Waals surface area contributed by atoms with Gasteiger partial charge in [0.15, 0.2) is 0 Å². The molecule has 0 spiro atoms. The lowest BCUT2D eigenvalue weighted by atomic mass is 10.2. The number of hydrogen-bond acceptors (Lipinski definition) is 4. The number of nitrogens with one attached hydrogen (secondary N) is 1. The third-order valence-electron chi connectivity index (χ3n) is 4.98. The predicted octanol–water partition coefficient (Wildman–Crippen LogP) is 2.94. The van der Waals surface area contributed by atoms with Crippen LogP contribution in [0.3, 0.4) is 0 Å². The van der Waals surface area contributed by atoms with E-state index in [2.05, 4.69) is 10.2 Å². The Morgan fingerprint density at radius 2 is 1.62 bits per heavy atom. The molecule has 2 heterocycles. The molecule has 144 valence electrons. The van der Waals surface area contributed by atoms with Gasteiger partial charge in [0.05, 0.1) is 22.2 Å². The smallest absolute Gasteiger partial charge is 0.243 e. The van der Waals surface area contributed by atoms with Crippen LogP contribution in [0.1, 0.15) is 38.5 Å². The molecule has 3 rings (SSSR count). The van der Waals surface area contributed by atoms with Gasteiger partial charge in [-0.25, -0.2) is 8.42 Å². The number of hydrogen-bond donors (Lipinski definition) is 1. The summed E-state index contributed by atoms with van der Waals surface area (Å²) in [5, 5.41) is 3.13. The molecule has 0 aromatic heterocycles. The number of carbonyl (C=O) groups excluding carboxylic acids is 1. The number of carbonyl (C=O) groups is 1. The zero-order chi connectivity index (χ0) is 18.6. The van der Waals surface area contributed by atoms with Gasteiger partial charge in [0.2, 0.25) is 15.9 Å². The fraction of sp³-hybridized carbons (Fsp3) is 0.611. The van der Waals surface area contributed by atoms with Crippen molar-refractivity contribution in [2.24, 2.45) is 0 Å². The summed E-state index contributed by atoms with van der Waals surface area (Å²) in [5.74, 6) is -0.162. The van der Waals surface area contributed by atoms with Gasteiger partial charge >= 0.3 is 0 Å². The van der Waals surface area contributed by atoms with Crippen molar-refractivity contribution in [1.82, 2.24) is 9.21 Å². The Kier molecular flexibility index (Phi) is 6.55. The van der Waals surface area contributed by atoms with Crippen LogP contribution in [0.15, 0.2) is 23.1 Å². The molecule has 2 saturated heterocycles. The topological polar surface area (TPSA) is 69.7 Å². The minimum absolute atomic E-state index is 0.162. The van der Waals surface area contributed by atoms with E-state index < -0.39 is 10.0 Å². The molecule has 0 bridgehead atoms. The van der Waals surface area contributed by atoms with Gasteiger partial charge in [-0.3, -0.25) is 9.69 Å². The van der Waals surface area contributed by atoms with Crippen LogP contribution in [0, 0.1) is 0 Å². The normalized spacial score (nSPS) is 20.0. The molecule has 2 aliphatic heterocycles. The number of amides is 1. The van der Waals surface area contributed by atoms with Crippen LogP contribution in [-0.4, -0.2) is 56.3 Å². The Morgan fingerprint density at radius 3 is 2.27 bits per heavy atom. The van der Waals surface area contributed by atoms with E-state index in [9.17, 15) is 13.2 Å². The fourth-order valence-corrected chi connectivity index (χ4v) is 5.23. The minimum Gasteiger partial charge on any atom is -0.324 e. The van der Waals surface area contributed by atoms with Gasteiger partial charge in [0, 0.05) is 13.1 Å². The minimum atomic E-state index is -3.53. The SMILES string of the molecule is O=C(CN1CCCCCC1)Nc1cc(S(=O)(=O)N2CCCC2)ccc1Cl. The average molecular weight is 400 g/mol. The predicted molar refractivity (Wildman–Crippen MR) is 103 cm³/mol. The Balaban J connectivity index is 1.70. The zero-order valence-electron chi connectivity index (χ0n) is 14.9. The van der Waals surface area contributed by atoms with E-state index in [1.54, 1.807) is 0 Å². The molecule has 1 aromatic carbocycles. The third kappa shape index (κ3) is 4.76. The number of nitrogens with zero attached hydrogens (tertiary/aromatic N) is 2. The van der Waals surface area contributed by atoms with Crippen molar-refractivity contribution in [3.05, 3.63) is 23.2 Å². The number of likely N-dealkylation sites (tertiary alicyclic amines) is 1. The first-order valence-corrected chi connectivity index (χ1v) is 11.1. The Morgan fingerprint density at radius 1 is 1.00 bits per heavy atom. The summed E-state index contributed by atoms with van der Waals surface area (Å²) in [7, 11) is -3.53. The summed E-state index contributed by atoms with van der Waals surface area (Å²) in [6, 6.07) is 4.50. The van der Waals surface area contributed by atoms with Crippen molar-refractivity contribution in [2.45, 2.75) is 43.4 Å². The highest BCUT2D eigenvalue weighted by Gasteiger charge is 2.27. The number of anilines is 1. The number of benzene rings is 1. The largest absolute Gasteiger partial charge is 0.324 e. The van der Waals surface area contributed by atoms with Gasteiger partial charge in [-0.2, -0.15) is 4.31 Å². The highest BCUT2D eigenvalue weighted by molar-refractivity contribution is 7.89. The van der Waals surface area contributed by atoms with E-state index in [-0.39, 0.29) is 10.8 Å². The number of halogens is 1. The summed E-state index contributed by atoms with van der Waals surface area (Å²) >= 11 is 6.18. The summed E-state index contributed by atoms with van der Waals surface area (Å²) in [4.78, 5) is 14.7. The molecule has 6 nitrogen and oxygen atoms in total. The van der Waals surface area contributed by atoms with Crippen LogP contribution in [0.25, 0.3) is 0 Å². The van der Waals surface area contributed by atoms with Crippen LogP contribution >= 0.6 is 11.6 Å². The lowest BCUT2D eigenvalue weighted by Gasteiger charge is -2.20. The maximum absolute atomic E-state index is 12.7. The highest BCUT2D eigenvalue weighted by atomic mass is 35.5. The zero-order valence-corrected chi connectivity index (χ0v) is 16.5. The molecular formula is C18H26ClN3O3S. The van der Waals surface area contributed by atoms with Gasteiger partial charge < -0.3 is 5.32 Å². The van der Waals surface area contributed by atoms with E-state index >= 15 is 0 Å². The van der Waals surface area contributed by atoms with Crippen molar-refractivity contribution in [1.29, 1.82) is 0 Å². The number of rotatable bonds is 5. The maximum atomic E-state index is 12.7. The van der Waals surface area contributed by atoms with Gasteiger partial charge in [-0.1, -0.05) is 24.4 Å². The first kappa shape index (κ1) is 19.6. The Hall–Kier alpha value is -1.15. The molecule has 8 heteroatoms. The van der Waals surface area contributed by atoms with Crippen molar-refractivity contribution in [2.75, 3.05) is 38.0 Å². The monoisotopic (exact) mass is 399 g/mol. The number of sulfonamides is 1. The molecule has 0 saturated carbocycles. The molecule has 0 unspecified atom stereocenters. The first-order valence-electron chi connectivity index (χ1n) is 9.29. The van der Waals surface area contributed by atoms with Crippen LogP contribution in [-0.2, 0) is 14.8 Å². The molecule has 0 radical (unpaired) electrons. The summed E-state index contributed by atoms with van der Waals surface area (Å²) in [5.41, 5.74) is 0.353. The van der Waals surface area contributed by atoms with E-state index in [1.165, 1.54) is 35.3 Å². The highest BCUT2D eigenvalue weighted by Crippen LogP contribution is 2.28. The van der Waals surface area contributed by atoms with Crippen LogP contribution in [0.5, 0.6) is 0 Å². The van der Waals surface area contributed by atoms with Crippen LogP contribution in [0.4, 0.5) is 5.69 Å². The van der Waals surface area contributed by atoms with E-state index in [0.717, 1.165) is 38.8 Å². The van der Waals surface area contributed by atoms with Crippen LogP contribution < -0.4 is 5.32 Å². The molecule has 1 N–H and O–H groups in total. The average Bonchev–Trinajstić information content (AvgIpc) is 3.04. The molecule has 0 atom stereocenters. The second kappa shape index (κ2) is 8.69. The molecule has 26 heavy (non-hydrogen) atoms. The van der Waals surface area contributed by atoms with E-state index in [0.29, 0.717) is 30.3 Å². The maximum Gasteiger partial charge on any atom is 0.243 e. The van der Waals surface area contributed by atoms with Gasteiger partial charge in [0.25, 0.3) is 0 Å². The molecule has 2 fully saturated rings. The lowest BCUT2D eigenvalue weighted by molar-refractivity contribution is -0.117. The Bertz CT molecular complexity index is 740. The summed E-state index contributed by atoms with van der Waals surface area (Å²) < 4.78 is 26.9. The fourth-order valence-electron chi connectivity index (χ4n) is 3.53. The standard InChI is InChI=1S/C18H26ClN3O3S/c19-16-8-7-15(26(24,25)22-11-5-6-12-22)13-17(16)20-18(23)14-21-9-3-1-2-4-10-21/h7-8,13H,1-6,9-12,14H2,(H,20,23). The molecular weight excluding hydrogens is 374 g/mol. The van der Waals surface area contributed by atoms with Gasteiger partial charge in [0.1, 0.15) is 0 Å². The molecule has 1 amide bonds. The quantitative estimate of drug-likeness (QED) is 0.826. The van der Waals surface area contributed by atoms with Crippen LogP contribution in [0.2, 0.25) is 5.02 Å². The van der Waals surface area contributed by atoms with E-state index in [4.69, 9.17) is 11.6 Å². The van der Waals surface area contributed by atoms with Crippen molar-refractivity contribution >= 4 is 33.2 Å². The Labute approximate surface area is 160 Å². The lowest BCUT2D eigenvalue weighted by Crippen LogP contribution is -2.34. The second-order valence-electron chi connectivity index (χ2n) is 6.99. The molecule has 1 aromatic rings. The summed E-state index contributed by atoms with van der Waals surface area (Å²) in [6.45, 7) is 3.23. The van der Waals surface area contributed by atoms with Gasteiger partial charge in [-0.15, -0.1) is 0 Å². The van der Waals surface area contributed by atoms with Crippen molar-refractivity contribution in [3.8, 4) is 0 Å². The van der Waals surface area contributed by atoms with E-state index in [1.807, 2.05) is 0 Å². The van der Waals surface area contributed by atoms with Gasteiger partial charge in [-0.05, 0) is 57.0 Å². The molecule has 0 aliphatic carbocycles. The van der Waals surface area contributed by atoms with Crippen molar-refractivity contribution < 1.29 is 13.2 Å². The molecule has 2 aliphatic rings. The second-order valence-corrected chi connectivity index (χ2v) is 9.34. The summed E-state index contributed by atoms with van der Waals surface area (Å²) in [6.07, 6.45) is 6.40. The van der Waals surface area contributed by atoms with Crippen molar-refractivity contribution in [3.63, 3.8) is 0 Å². The third-order valence-corrected chi connectivity index (χ3v) is 7.20.